The number of nitrogens with two attached hydrogens (primary N) is 1. The van der Waals surface area contributed by atoms with Crippen LogP contribution in [-0.4, -0.2) is 35.9 Å². The molecule has 0 saturated carbocycles. The van der Waals surface area contributed by atoms with E-state index in [1.165, 1.54) is 16.8 Å². The minimum Gasteiger partial charge on any atom is -0.399 e. The number of ether oxygens (including phenoxy) is 1. The van der Waals surface area contributed by atoms with Crippen molar-refractivity contribution >= 4 is 28.1 Å². The molecular weight excluding hydrogens is 461 g/mol. The largest absolute Gasteiger partial charge is 0.416 e. The highest BCUT2D eigenvalue weighted by Gasteiger charge is 2.31. The molecule has 0 aliphatic carbocycles. The molecule has 1 saturated heterocycles. The Kier molecular flexibility index (Phi) is 6.58. The van der Waals surface area contributed by atoms with Crippen LogP contribution >= 0.6 is 0 Å². The second kappa shape index (κ2) is 9.46. The van der Waals surface area contributed by atoms with E-state index < -0.39 is 17.8 Å². The number of nitrogens with zero attached hydrogens (tertiary/aromatic N) is 4. The number of hydrogen-bond donors (Lipinski definition) is 2. The summed E-state index contributed by atoms with van der Waals surface area (Å²) in [7, 11) is 0. The third-order valence-corrected chi connectivity index (χ3v) is 6.05. The lowest BCUT2D eigenvalue weighted by Crippen LogP contribution is -2.40. The zero-order valence-corrected chi connectivity index (χ0v) is 19.3. The van der Waals surface area contributed by atoms with E-state index in [1.807, 2.05) is 11.8 Å². The van der Waals surface area contributed by atoms with Crippen LogP contribution in [0.15, 0.2) is 35.3 Å². The number of nitrogen functional groups attached to an aromatic ring is 1. The van der Waals surface area contributed by atoms with Gasteiger partial charge in [0, 0.05) is 36.9 Å². The molecule has 8 nitrogen and oxygen atoms in total. The highest BCUT2D eigenvalue weighted by molar-refractivity contribution is 5.95. The zero-order valence-electron chi connectivity index (χ0n) is 19.3. The molecule has 1 aliphatic rings. The fourth-order valence-electron chi connectivity index (χ4n) is 4.29. The van der Waals surface area contributed by atoms with Gasteiger partial charge in [0.1, 0.15) is 17.6 Å². The normalized spacial score (nSPS) is 15.1. The molecule has 184 valence electrons. The second-order valence-electron chi connectivity index (χ2n) is 8.33. The van der Waals surface area contributed by atoms with Crippen molar-refractivity contribution in [1.82, 2.24) is 9.55 Å². The van der Waals surface area contributed by atoms with Crippen molar-refractivity contribution in [3.8, 4) is 6.07 Å². The van der Waals surface area contributed by atoms with Crippen LogP contribution in [-0.2, 0) is 17.5 Å². The van der Waals surface area contributed by atoms with Crippen molar-refractivity contribution in [3.05, 3.63) is 57.5 Å². The van der Waals surface area contributed by atoms with Crippen molar-refractivity contribution in [2.75, 3.05) is 42.3 Å². The smallest absolute Gasteiger partial charge is 0.399 e. The van der Waals surface area contributed by atoms with Gasteiger partial charge in [-0.15, -0.1) is 0 Å². The van der Waals surface area contributed by atoms with Crippen LogP contribution < -0.4 is 21.5 Å². The van der Waals surface area contributed by atoms with E-state index in [4.69, 9.17) is 10.5 Å². The number of benzene rings is 1. The van der Waals surface area contributed by atoms with Crippen LogP contribution in [0.25, 0.3) is 10.9 Å². The van der Waals surface area contributed by atoms with Gasteiger partial charge in [-0.3, -0.25) is 4.79 Å². The van der Waals surface area contributed by atoms with Gasteiger partial charge in [-0.2, -0.15) is 18.4 Å². The summed E-state index contributed by atoms with van der Waals surface area (Å²) < 4.78 is 46.9. The fraction of sp³-hybridized carbons (Fsp3) is 0.375. The van der Waals surface area contributed by atoms with Gasteiger partial charge < -0.3 is 25.3 Å². The van der Waals surface area contributed by atoms with E-state index in [1.54, 1.807) is 13.0 Å². The Balaban J connectivity index is 1.85. The van der Waals surface area contributed by atoms with Gasteiger partial charge in [0.05, 0.1) is 35.9 Å². The summed E-state index contributed by atoms with van der Waals surface area (Å²) in [6.45, 7) is 5.88. The maximum atomic E-state index is 13.3. The van der Waals surface area contributed by atoms with E-state index in [2.05, 4.69) is 16.4 Å². The molecule has 0 spiro atoms. The Morgan fingerprint density at radius 3 is 2.60 bits per heavy atom. The number of alkyl halides is 3. The van der Waals surface area contributed by atoms with Gasteiger partial charge in [0.25, 0.3) is 5.56 Å². The molecule has 1 atom stereocenters. The average Bonchev–Trinajstić information content (AvgIpc) is 2.83. The average molecular weight is 486 g/mol. The van der Waals surface area contributed by atoms with Crippen LogP contribution in [0.3, 0.4) is 0 Å². The minimum atomic E-state index is -4.53. The monoisotopic (exact) mass is 486 g/mol. The van der Waals surface area contributed by atoms with Crippen LogP contribution in [0.4, 0.5) is 30.4 Å². The Labute approximate surface area is 199 Å². The molecule has 35 heavy (non-hydrogen) atoms. The Hall–Kier alpha value is -3.78. The molecule has 0 bridgehead atoms. The number of pyridine rings is 2. The summed E-state index contributed by atoms with van der Waals surface area (Å²) in [5.74, 6) is 0.346. The first-order chi connectivity index (χ1) is 16.6. The molecule has 0 radical (unpaired) electrons. The van der Waals surface area contributed by atoms with Crippen LogP contribution in [0, 0.1) is 11.3 Å². The maximum Gasteiger partial charge on any atom is 0.416 e. The van der Waals surface area contributed by atoms with Gasteiger partial charge >= 0.3 is 6.18 Å². The summed E-state index contributed by atoms with van der Waals surface area (Å²) in [5, 5.41) is 13.4. The van der Waals surface area contributed by atoms with Gasteiger partial charge in [-0.05, 0) is 43.7 Å². The van der Waals surface area contributed by atoms with Crippen molar-refractivity contribution in [3.63, 3.8) is 0 Å². The highest BCUT2D eigenvalue weighted by atomic mass is 19.4. The molecular formula is C24H25F3N6O2. The lowest BCUT2D eigenvalue weighted by atomic mass is 10.0. The number of aryl methyl sites for hydroxylation is 1. The topological polar surface area (TPSA) is 109 Å². The molecule has 3 heterocycles. The molecule has 0 amide bonds. The SMILES string of the molecule is CCn1c(=O)c(N2CCOCC2)cc2c(N[C@H](C)c3cc(N)cc(C(F)(F)F)c3)ncc(C#N)c21. The second-order valence-corrected chi connectivity index (χ2v) is 8.33. The van der Waals surface area contributed by atoms with Crippen molar-refractivity contribution in [2.45, 2.75) is 32.6 Å². The number of anilines is 3. The summed E-state index contributed by atoms with van der Waals surface area (Å²) in [5.41, 5.74) is 6.10. The third-order valence-electron chi connectivity index (χ3n) is 6.05. The minimum absolute atomic E-state index is 0.00412. The van der Waals surface area contributed by atoms with E-state index >= 15 is 0 Å². The Bertz CT molecular complexity index is 1360. The first-order valence-corrected chi connectivity index (χ1v) is 11.2. The number of halogens is 3. The van der Waals surface area contributed by atoms with Crippen LogP contribution in [0.1, 0.15) is 36.6 Å². The molecule has 3 N–H and O–H groups in total. The molecule has 3 aromatic rings. The van der Waals surface area contributed by atoms with E-state index in [9.17, 15) is 23.2 Å². The number of nitriles is 1. The predicted octanol–water partition coefficient (Wildman–Crippen LogP) is 3.90. The Morgan fingerprint density at radius 1 is 1.26 bits per heavy atom. The Morgan fingerprint density at radius 2 is 1.97 bits per heavy atom. The van der Waals surface area contributed by atoms with E-state index in [0.29, 0.717) is 60.8 Å². The molecule has 1 aromatic carbocycles. The highest BCUT2D eigenvalue weighted by Crippen LogP contribution is 2.34. The lowest BCUT2D eigenvalue weighted by Gasteiger charge is -2.29. The third kappa shape index (κ3) is 4.74. The van der Waals surface area contributed by atoms with Crippen molar-refractivity contribution in [2.24, 2.45) is 0 Å². The standard InChI is InChI=1S/C24H25F3N6O2/c1-3-33-21-16(12-28)13-30-22(19(21)11-20(23(33)34)32-4-6-35-7-5-32)31-14(2)15-8-17(24(25,26)27)10-18(29)9-15/h8-11,13-14H,3-7,29H2,1-2H3,(H,30,31)/t14-/m1/s1. The number of nitrogens with one attached hydrogen (secondary N) is 1. The molecule has 1 aliphatic heterocycles. The van der Waals surface area contributed by atoms with Crippen molar-refractivity contribution in [1.29, 1.82) is 5.26 Å². The maximum absolute atomic E-state index is 13.3. The first kappa shape index (κ1) is 24.3. The van der Waals surface area contributed by atoms with Gasteiger partial charge in [0.2, 0.25) is 0 Å². The summed E-state index contributed by atoms with van der Waals surface area (Å²) >= 11 is 0. The van der Waals surface area contributed by atoms with Crippen LogP contribution in [0.5, 0.6) is 0 Å². The lowest BCUT2D eigenvalue weighted by molar-refractivity contribution is -0.137. The molecule has 4 rings (SSSR count). The molecule has 2 aromatic heterocycles. The fourth-order valence-corrected chi connectivity index (χ4v) is 4.29. The number of fused-ring (bicyclic) bond motifs is 1. The van der Waals surface area contributed by atoms with E-state index in [0.717, 1.165) is 12.1 Å². The summed E-state index contributed by atoms with van der Waals surface area (Å²) in [6.07, 6.45) is -3.18. The van der Waals surface area contributed by atoms with E-state index in [-0.39, 0.29) is 16.8 Å². The number of hydrogen-bond acceptors (Lipinski definition) is 7. The number of rotatable bonds is 5. The molecule has 11 heteroatoms. The quantitative estimate of drug-likeness (QED) is 0.527. The summed E-state index contributed by atoms with van der Waals surface area (Å²) in [4.78, 5) is 19.6. The van der Waals surface area contributed by atoms with Crippen LogP contribution in [0.2, 0.25) is 0 Å². The zero-order chi connectivity index (χ0) is 25.3. The van der Waals surface area contributed by atoms with Gasteiger partial charge in [-0.25, -0.2) is 4.98 Å². The van der Waals surface area contributed by atoms with Crippen molar-refractivity contribution < 1.29 is 17.9 Å². The number of morpholine rings is 1. The first-order valence-electron chi connectivity index (χ1n) is 11.2. The predicted molar refractivity (Wildman–Crippen MR) is 127 cm³/mol. The summed E-state index contributed by atoms with van der Waals surface area (Å²) in [6, 6.07) is 6.59. The molecule has 1 fully saturated rings. The van der Waals surface area contributed by atoms with Gasteiger partial charge in [0.15, 0.2) is 0 Å². The molecule has 0 unspecified atom stereocenters. The van der Waals surface area contributed by atoms with Gasteiger partial charge in [-0.1, -0.05) is 0 Å². The number of aromatic nitrogens is 2.